The Morgan fingerprint density at radius 1 is 1.17 bits per heavy atom. The van der Waals surface area contributed by atoms with E-state index in [0.717, 1.165) is 5.69 Å². The summed E-state index contributed by atoms with van der Waals surface area (Å²) in [5, 5.41) is 0. The Hall–Kier alpha value is -2.02. The highest BCUT2D eigenvalue weighted by atomic mass is 14.5. The van der Waals surface area contributed by atoms with Crippen LogP contribution < -0.4 is 5.73 Å². The number of hydrogen-bond donors (Lipinski definition) is 1. The van der Waals surface area contributed by atoms with E-state index in [2.05, 4.69) is 55.5 Å². The van der Waals surface area contributed by atoms with Crippen molar-refractivity contribution in [1.82, 2.24) is 0 Å². The first-order valence-corrected chi connectivity index (χ1v) is 6.30. The second-order valence-electron chi connectivity index (χ2n) is 5.22. The zero-order valence-corrected chi connectivity index (χ0v) is 10.5. The van der Waals surface area contributed by atoms with Gasteiger partial charge in [0.1, 0.15) is 0 Å². The predicted molar refractivity (Wildman–Crippen MR) is 77.8 cm³/mol. The summed E-state index contributed by atoms with van der Waals surface area (Å²) in [6.07, 6.45) is 15.6. The van der Waals surface area contributed by atoms with Crippen LogP contribution in [0.5, 0.6) is 0 Å². The second kappa shape index (κ2) is 4.02. The van der Waals surface area contributed by atoms with Gasteiger partial charge in [-0.3, -0.25) is 0 Å². The van der Waals surface area contributed by atoms with E-state index >= 15 is 0 Å². The van der Waals surface area contributed by atoms with Gasteiger partial charge in [0, 0.05) is 17.0 Å². The molecule has 1 heteroatoms. The number of allylic oxidation sites excluding steroid dienone is 8. The Labute approximate surface area is 108 Å². The van der Waals surface area contributed by atoms with Gasteiger partial charge in [0.25, 0.3) is 0 Å². The van der Waals surface area contributed by atoms with Crippen LogP contribution in [-0.4, -0.2) is 0 Å². The van der Waals surface area contributed by atoms with Crippen LogP contribution in [0.15, 0.2) is 66.8 Å². The summed E-state index contributed by atoms with van der Waals surface area (Å²) in [6, 6.07) is 8.06. The van der Waals surface area contributed by atoms with Gasteiger partial charge in [0.15, 0.2) is 0 Å². The minimum Gasteiger partial charge on any atom is -0.399 e. The maximum absolute atomic E-state index is 5.85. The van der Waals surface area contributed by atoms with Crippen molar-refractivity contribution in [3.63, 3.8) is 0 Å². The molecule has 2 aliphatic rings. The molecular formula is C17H17N. The van der Waals surface area contributed by atoms with E-state index in [-0.39, 0.29) is 5.41 Å². The number of benzene rings is 1. The fourth-order valence-electron chi connectivity index (χ4n) is 2.60. The number of fused-ring (bicyclic) bond motifs is 1. The van der Waals surface area contributed by atoms with Gasteiger partial charge in [0.2, 0.25) is 0 Å². The SMILES string of the molecule is CC12C=CC=CC1C=C(c1cccc(N)c1)C=C2. The third-order valence-corrected chi connectivity index (χ3v) is 3.80. The fourth-order valence-corrected chi connectivity index (χ4v) is 2.60. The summed E-state index contributed by atoms with van der Waals surface area (Å²) >= 11 is 0. The maximum Gasteiger partial charge on any atom is 0.0320 e. The van der Waals surface area contributed by atoms with E-state index in [9.17, 15) is 0 Å². The first kappa shape index (κ1) is 11.1. The lowest BCUT2D eigenvalue weighted by Gasteiger charge is -2.34. The van der Waals surface area contributed by atoms with Gasteiger partial charge in [-0.15, -0.1) is 0 Å². The smallest absolute Gasteiger partial charge is 0.0320 e. The largest absolute Gasteiger partial charge is 0.399 e. The molecule has 0 aliphatic heterocycles. The van der Waals surface area contributed by atoms with Crippen molar-refractivity contribution in [2.45, 2.75) is 6.92 Å². The fraction of sp³-hybridized carbons (Fsp3) is 0.176. The lowest BCUT2D eigenvalue weighted by Crippen LogP contribution is -2.23. The van der Waals surface area contributed by atoms with Crippen molar-refractivity contribution < 1.29 is 0 Å². The average Bonchev–Trinajstić information content (AvgIpc) is 2.37. The van der Waals surface area contributed by atoms with Crippen molar-refractivity contribution in [3.05, 3.63) is 72.4 Å². The lowest BCUT2D eigenvalue weighted by atomic mass is 9.70. The predicted octanol–water partition coefficient (Wildman–Crippen LogP) is 3.97. The molecule has 0 saturated heterocycles. The van der Waals surface area contributed by atoms with Crippen LogP contribution in [0.3, 0.4) is 0 Å². The zero-order chi connectivity index (χ0) is 12.6. The number of nitrogens with two attached hydrogens (primary N) is 1. The Morgan fingerprint density at radius 2 is 2.06 bits per heavy atom. The molecule has 2 unspecified atom stereocenters. The number of anilines is 1. The van der Waals surface area contributed by atoms with Crippen molar-refractivity contribution in [2.75, 3.05) is 5.73 Å². The molecule has 2 atom stereocenters. The van der Waals surface area contributed by atoms with Crippen molar-refractivity contribution in [3.8, 4) is 0 Å². The first-order chi connectivity index (χ1) is 8.67. The minimum absolute atomic E-state index is 0.124. The van der Waals surface area contributed by atoms with Crippen LogP contribution in [-0.2, 0) is 0 Å². The lowest BCUT2D eigenvalue weighted by molar-refractivity contribution is 0.454. The van der Waals surface area contributed by atoms with Gasteiger partial charge >= 0.3 is 0 Å². The molecule has 0 fully saturated rings. The topological polar surface area (TPSA) is 26.0 Å². The first-order valence-electron chi connectivity index (χ1n) is 6.30. The molecule has 1 nitrogen and oxygen atoms in total. The Morgan fingerprint density at radius 3 is 2.89 bits per heavy atom. The molecule has 0 spiro atoms. The molecule has 1 aromatic carbocycles. The molecule has 0 bridgehead atoms. The van der Waals surface area contributed by atoms with Crippen LogP contribution in [0, 0.1) is 11.3 Å². The molecular weight excluding hydrogens is 218 g/mol. The Balaban J connectivity index is 2.00. The monoisotopic (exact) mass is 235 g/mol. The molecule has 3 rings (SSSR count). The maximum atomic E-state index is 5.85. The van der Waals surface area contributed by atoms with Crippen molar-refractivity contribution >= 4 is 11.3 Å². The van der Waals surface area contributed by atoms with E-state index < -0.39 is 0 Å². The summed E-state index contributed by atoms with van der Waals surface area (Å²) in [4.78, 5) is 0. The highest BCUT2D eigenvalue weighted by Gasteiger charge is 2.30. The van der Waals surface area contributed by atoms with E-state index in [4.69, 9.17) is 5.73 Å². The molecule has 0 aromatic heterocycles. The Bertz CT molecular complexity index is 589. The third-order valence-electron chi connectivity index (χ3n) is 3.80. The molecule has 1 aromatic rings. The van der Waals surface area contributed by atoms with Crippen LogP contribution in [0.4, 0.5) is 5.69 Å². The molecule has 2 N–H and O–H groups in total. The molecule has 0 amide bonds. The van der Waals surface area contributed by atoms with Gasteiger partial charge in [-0.25, -0.2) is 0 Å². The quantitative estimate of drug-likeness (QED) is 0.732. The molecule has 0 heterocycles. The van der Waals surface area contributed by atoms with Gasteiger partial charge in [-0.2, -0.15) is 0 Å². The number of rotatable bonds is 1. The molecule has 0 radical (unpaired) electrons. The number of hydrogen-bond acceptors (Lipinski definition) is 1. The Kier molecular flexibility index (Phi) is 2.48. The van der Waals surface area contributed by atoms with Gasteiger partial charge in [0.05, 0.1) is 0 Å². The zero-order valence-electron chi connectivity index (χ0n) is 10.5. The van der Waals surface area contributed by atoms with Gasteiger partial charge < -0.3 is 5.73 Å². The molecule has 90 valence electrons. The van der Waals surface area contributed by atoms with Crippen LogP contribution >= 0.6 is 0 Å². The standard InChI is InChI=1S/C17H17N/c1-17-9-3-2-6-15(17)11-14(8-10-17)13-5-4-7-16(18)12-13/h2-12,15H,18H2,1H3. The summed E-state index contributed by atoms with van der Waals surface area (Å²) in [6.45, 7) is 2.26. The van der Waals surface area contributed by atoms with Crippen molar-refractivity contribution in [2.24, 2.45) is 11.3 Å². The van der Waals surface area contributed by atoms with E-state index in [0.29, 0.717) is 5.92 Å². The van der Waals surface area contributed by atoms with E-state index in [1.807, 2.05) is 18.2 Å². The van der Waals surface area contributed by atoms with Crippen LogP contribution in [0.25, 0.3) is 5.57 Å². The molecule has 18 heavy (non-hydrogen) atoms. The minimum atomic E-state index is 0.124. The highest BCUT2D eigenvalue weighted by Crippen LogP contribution is 2.41. The summed E-state index contributed by atoms with van der Waals surface area (Å²) in [5.74, 6) is 0.434. The normalized spacial score (nSPS) is 28.9. The van der Waals surface area contributed by atoms with E-state index in [1.165, 1.54) is 11.1 Å². The van der Waals surface area contributed by atoms with Crippen molar-refractivity contribution in [1.29, 1.82) is 0 Å². The number of nitrogen functional groups attached to an aromatic ring is 1. The summed E-state index contributed by atoms with van der Waals surface area (Å²) < 4.78 is 0. The molecule has 0 saturated carbocycles. The highest BCUT2D eigenvalue weighted by molar-refractivity contribution is 5.77. The average molecular weight is 235 g/mol. The van der Waals surface area contributed by atoms with E-state index in [1.54, 1.807) is 0 Å². The van der Waals surface area contributed by atoms with Gasteiger partial charge in [-0.05, 0) is 23.3 Å². The summed E-state index contributed by atoms with van der Waals surface area (Å²) in [5.41, 5.74) is 9.23. The molecule has 2 aliphatic carbocycles. The van der Waals surface area contributed by atoms with Gasteiger partial charge in [-0.1, -0.05) is 61.6 Å². The third kappa shape index (κ3) is 1.82. The van der Waals surface area contributed by atoms with Crippen LogP contribution in [0.1, 0.15) is 12.5 Å². The second-order valence-corrected chi connectivity index (χ2v) is 5.22. The van der Waals surface area contributed by atoms with Crippen LogP contribution in [0.2, 0.25) is 0 Å². The summed E-state index contributed by atoms with van der Waals surface area (Å²) in [7, 11) is 0.